The number of halogens is 1. The molecule has 1 aromatic carbocycles. The fourth-order valence-electron chi connectivity index (χ4n) is 6.40. The molecule has 0 spiro atoms. The second-order valence-electron chi connectivity index (χ2n) is 11.3. The molecule has 10 nitrogen and oxygen atoms in total. The van der Waals surface area contributed by atoms with Crippen LogP contribution >= 0.6 is 0 Å². The third-order valence-electron chi connectivity index (χ3n) is 8.48. The molecule has 2 bridgehead atoms. The SMILES string of the molecule is COCOc1cc(-c2ccn(C)c(=O)c2)c(F)cc1-c1ccc(N(C)C2C[C@]3(C)CC[C@](C)(C2)N3C(=O)O)nn1. The van der Waals surface area contributed by atoms with Gasteiger partial charge in [-0.3, -0.25) is 9.69 Å². The number of rotatable bonds is 7. The van der Waals surface area contributed by atoms with Crippen LogP contribution in [0.3, 0.4) is 0 Å². The van der Waals surface area contributed by atoms with Crippen LogP contribution in [0, 0.1) is 5.82 Å². The minimum atomic E-state index is -0.868. The molecule has 2 fully saturated rings. The summed E-state index contributed by atoms with van der Waals surface area (Å²) in [5.74, 6) is 0.451. The van der Waals surface area contributed by atoms with Crippen molar-refractivity contribution >= 4 is 11.9 Å². The Morgan fingerprint density at radius 2 is 1.82 bits per heavy atom. The highest BCUT2D eigenvalue weighted by Crippen LogP contribution is 2.51. The van der Waals surface area contributed by atoms with E-state index in [1.54, 1.807) is 30.3 Å². The van der Waals surface area contributed by atoms with E-state index >= 15 is 4.39 Å². The van der Waals surface area contributed by atoms with E-state index < -0.39 is 23.0 Å². The lowest BCUT2D eigenvalue weighted by Crippen LogP contribution is -2.62. The van der Waals surface area contributed by atoms with Crippen molar-refractivity contribution in [2.24, 2.45) is 7.05 Å². The van der Waals surface area contributed by atoms with E-state index in [-0.39, 0.29) is 24.0 Å². The first-order valence-corrected chi connectivity index (χ1v) is 13.2. The molecule has 4 heterocycles. The fraction of sp³-hybridized carbons (Fsp3) is 0.448. The van der Waals surface area contributed by atoms with Crippen LogP contribution in [0.15, 0.2) is 47.4 Å². The van der Waals surface area contributed by atoms with Crippen molar-refractivity contribution < 1.29 is 23.8 Å². The number of aromatic nitrogens is 3. The number of fused-ring (bicyclic) bond motifs is 2. The van der Waals surface area contributed by atoms with Gasteiger partial charge < -0.3 is 24.0 Å². The highest BCUT2D eigenvalue weighted by molar-refractivity contribution is 5.75. The van der Waals surface area contributed by atoms with Gasteiger partial charge in [0.1, 0.15) is 11.6 Å². The molecule has 1 N–H and O–H groups in total. The predicted octanol–water partition coefficient (Wildman–Crippen LogP) is 4.52. The van der Waals surface area contributed by atoms with Crippen molar-refractivity contribution in [2.45, 2.75) is 56.7 Å². The molecule has 2 aliphatic rings. The van der Waals surface area contributed by atoms with Crippen LogP contribution in [-0.2, 0) is 11.8 Å². The zero-order valence-electron chi connectivity index (χ0n) is 23.3. The Bertz CT molecular complexity index is 1480. The van der Waals surface area contributed by atoms with Gasteiger partial charge in [0.2, 0.25) is 0 Å². The van der Waals surface area contributed by atoms with E-state index in [1.807, 2.05) is 27.0 Å². The summed E-state index contributed by atoms with van der Waals surface area (Å²) in [7, 11) is 5.06. The third-order valence-corrected chi connectivity index (χ3v) is 8.48. The van der Waals surface area contributed by atoms with Crippen molar-refractivity contribution in [2.75, 3.05) is 25.9 Å². The van der Waals surface area contributed by atoms with Gasteiger partial charge in [0.05, 0.1) is 5.69 Å². The molecule has 0 radical (unpaired) electrons. The molecule has 11 heteroatoms. The van der Waals surface area contributed by atoms with Crippen LogP contribution in [0.4, 0.5) is 15.0 Å². The second-order valence-corrected chi connectivity index (χ2v) is 11.3. The molecular weight excluding hydrogens is 517 g/mol. The molecule has 2 saturated heterocycles. The lowest BCUT2D eigenvalue weighted by atomic mass is 9.82. The minimum absolute atomic E-state index is 0.0601. The van der Waals surface area contributed by atoms with Crippen molar-refractivity contribution in [3.63, 3.8) is 0 Å². The van der Waals surface area contributed by atoms with Gasteiger partial charge >= 0.3 is 6.09 Å². The van der Waals surface area contributed by atoms with Crippen LogP contribution in [0.1, 0.15) is 39.5 Å². The molecule has 1 unspecified atom stereocenters. The van der Waals surface area contributed by atoms with E-state index in [1.165, 1.54) is 29.9 Å². The van der Waals surface area contributed by atoms with Gasteiger partial charge in [0, 0.05) is 61.7 Å². The normalized spacial score (nSPS) is 23.8. The summed E-state index contributed by atoms with van der Waals surface area (Å²) in [6.45, 7) is 3.98. The molecule has 2 aliphatic heterocycles. The molecule has 3 aromatic rings. The number of aryl methyl sites for hydroxylation is 1. The number of carboxylic acid groups (broad SMARTS) is 1. The standard InChI is InChI=1S/C29H34FN5O5/c1-28-9-10-29(2,35(28)27(37)38)16-19(15-28)34(4)25-7-6-23(31-32-25)21-13-22(30)20(14-24(21)40-17-39-5)18-8-11-33(3)26(36)12-18/h6-8,11-14,19H,9-10,15-17H2,1-5H3,(H,37,38)/t19?,28-,29+. The largest absolute Gasteiger partial charge is 0.467 e. The molecule has 40 heavy (non-hydrogen) atoms. The van der Waals surface area contributed by atoms with Crippen molar-refractivity contribution in [3.8, 4) is 28.1 Å². The van der Waals surface area contributed by atoms with E-state index in [2.05, 4.69) is 15.1 Å². The maximum Gasteiger partial charge on any atom is 0.408 e. The summed E-state index contributed by atoms with van der Waals surface area (Å²) in [4.78, 5) is 27.9. The Morgan fingerprint density at radius 3 is 2.40 bits per heavy atom. The van der Waals surface area contributed by atoms with Crippen LogP contribution in [-0.4, -0.2) is 68.9 Å². The molecule has 3 atom stereocenters. The smallest absolute Gasteiger partial charge is 0.408 e. The highest BCUT2D eigenvalue weighted by atomic mass is 19.1. The van der Waals surface area contributed by atoms with Crippen LogP contribution < -0.4 is 15.2 Å². The Labute approximate surface area is 232 Å². The number of piperidine rings is 1. The van der Waals surface area contributed by atoms with Gasteiger partial charge in [-0.1, -0.05) is 0 Å². The minimum Gasteiger partial charge on any atom is -0.467 e. The Kier molecular flexibility index (Phi) is 7.03. The van der Waals surface area contributed by atoms with Gasteiger partial charge in [-0.05, 0) is 75.4 Å². The number of amides is 1. The summed E-state index contributed by atoms with van der Waals surface area (Å²) in [6, 6.07) is 9.57. The first kappa shape index (κ1) is 27.6. The molecule has 212 valence electrons. The van der Waals surface area contributed by atoms with Crippen LogP contribution in [0.5, 0.6) is 5.75 Å². The van der Waals surface area contributed by atoms with E-state index in [0.29, 0.717) is 41.2 Å². The molecular formula is C29H34FN5O5. The second kappa shape index (κ2) is 10.2. The number of hydrogen-bond acceptors (Lipinski definition) is 7. The van der Waals surface area contributed by atoms with Crippen LogP contribution in [0.25, 0.3) is 22.4 Å². The highest BCUT2D eigenvalue weighted by Gasteiger charge is 2.58. The Morgan fingerprint density at radius 1 is 1.12 bits per heavy atom. The first-order valence-electron chi connectivity index (χ1n) is 13.2. The number of methoxy groups -OCH3 is 1. The van der Waals surface area contributed by atoms with E-state index in [9.17, 15) is 14.7 Å². The van der Waals surface area contributed by atoms with Gasteiger partial charge in [-0.2, -0.15) is 0 Å². The average Bonchev–Trinajstić information content (AvgIpc) is 3.09. The quantitative estimate of drug-likeness (QED) is 0.427. The summed E-state index contributed by atoms with van der Waals surface area (Å²) in [6.07, 6.45) is 3.76. The van der Waals surface area contributed by atoms with Gasteiger partial charge in [0.15, 0.2) is 12.6 Å². The van der Waals surface area contributed by atoms with E-state index in [0.717, 1.165) is 12.8 Å². The average molecular weight is 552 g/mol. The number of ether oxygens (including phenoxy) is 2. The molecule has 0 aliphatic carbocycles. The number of hydrogen-bond donors (Lipinski definition) is 1. The number of carbonyl (C=O) groups is 1. The molecule has 0 saturated carbocycles. The maximum atomic E-state index is 15.3. The summed E-state index contributed by atoms with van der Waals surface area (Å²) in [5.41, 5.74) is 0.357. The zero-order valence-corrected chi connectivity index (χ0v) is 23.3. The summed E-state index contributed by atoms with van der Waals surface area (Å²) in [5, 5.41) is 18.7. The Balaban J connectivity index is 1.43. The number of pyridine rings is 1. The summed E-state index contributed by atoms with van der Waals surface area (Å²) < 4.78 is 27.6. The van der Waals surface area contributed by atoms with Crippen molar-refractivity contribution in [1.29, 1.82) is 0 Å². The van der Waals surface area contributed by atoms with E-state index in [4.69, 9.17) is 9.47 Å². The maximum absolute atomic E-state index is 15.3. The first-order chi connectivity index (χ1) is 19.0. The third kappa shape index (κ3) is 4.78. The zero-order chi connectivity index (χ0) is 28.8. The predicted molar refractivity (Wildman–Crippen MR) is 148 cm³/mol. The fourth-order valence-corrected chi connectivity index (χ4v) is 6.40. The van der Waals surface area contributed by atoms with Crippen LogP contribution in [0.2, 0.25) is 0 Å². The lowest BCUT2D eigenvalue weighted by Gasteiger charge is -2.51. The van der Waals surface area contributed by atoms with Gasteiger partial charge in [-0.25, -0.2) is 9.18 Å². The number of benzene rings is 1. The summed E-state index contributed by atoms with van der Waals surface area (Å²) >= 11 is 0. The monoisotopic (exact) mass is 551 g/mol. The Hall–Kier alpha value is -3.99. The van der Waals surface area contributed by atoms with Crippen molar-refractivity contribution in [1.82, 2.24) is 19.7 Å². The number of nitrogens with zero attached hydrogens (tertiary/aromatic N) is 5. The van der Waals surface area contributed by atoms with Gasteiger partial charge in [-0.15, -0.1) is 10.2 Å². The molecule has 5 rings (SSSR count). The molecule has 2 aromatic heterocycles. The molecule has 1 amide bonds. The topological polar surface area (TPSA) is 110 Å². The van der Waals surface area contributed by atoms with Gasteiger partial charge in [0.25, 0.3) is 5.56 Å². The lowest BCUT2D eigenvalue weighted by molar-refractivity contribution is 0.0131. The van der Waals surface area contributed by atoms with Crippen molar-refractivity contribution in [3.05, 3.63) is 58.8 Å². The number of anilines is 1.